The van der Waals surface area contributed by atoms with Gasteiger partial charge in [-0.15, -0.1) is 0 Å². The number of hydrogen-bond acceptors (Lipinski definition) is 4. The summed E-state index contributed by atoms with van der Waals surface area (Å²) >= 11 is 0. The number of fused-ring (bicyclic) bond motifs is 1. The summed E-state index contributed by atoms with van der Waals surface area (Å²) in [6.45, 7) is 3.78. The fraction of sp³-hybridized carbons (Fsp3) is 0.381. The largest absolute Gasteiger partial charge is 0.487 e. The highest BCUT2D eigenvalue weighted by Gasteiger charge is 2.44. The van der Waals surface area contributed by atoms with Gasteiger partial charge < -0.3 is 19.1 Å². The number of ether oxygens (including phenoxy) is 3. The van der Waals surface area contributed by atoms with Crippen LogP contribution < -0.4 is 9.47 Å². The van der Waals surface area contributed by atoms with Crippen LogP contribution in [0.5, 0.6) is 11.5 Å². The second kappa shape index (κ2) is 7.00. The third kappa shape index (κ3) is 3.27. The predicted octanol–water partition coefficient (Wildman–Crippen LogP) is 4.02. The van der Waals surface area contributed by atoms with Crippen molar-refractivity contribution in [2.45, 2.75) is 38.1 Å². The number of piperidine rings is 1. The molecule has 5 nitrogen and oxygen atoms in total. The topological polar surface area (TPSA) is 48.0 Å². The summed E-state index contributed by atoms with van der Waals surface area (Å²) in [6.07, 6.45) is 1.08. The number of hydrogen-bond donors (Lipinski definition) is 0. The molecule has 0 aromatic heterocycles. The summed E-state index contributed by atoms with van der Waals surface area (Å²) in [6, 6.07) is 17.2. The van der Waals surface area contributed by atoms with Gasteiger partial charge in [0.15, 0.2) is 0 Å². The number of amides is 1. The molecule has 0 N–H and O–H groups in total. The molecule has 5 heteroatoms. The van der Waals surface area contributed by atoms with Crippen molar-refractivity contribution in [1.82, 2.24) is 4.90 Å². The smallest absolute Gasteiger partial charge is 0.415 e. The first-order valence-corrected chi connectivity index (χ1v) is 9.07. The SMILES string of the molecule is CC1Oc2ccccc2COC12CCN(C(=O)Oc1ccccc1)CC2. The van der Waals surface area contributed by atoms with Gasteiger partial charge in [0.25, 0.3) is 0 Å². The zero-order valence-electron chi connectivity index (χ0n) is 14.9. The minimum atomic E-state index is -0.372. The molecule has 2 heterocycles. The van der Waals surface area contributed by atoms with Crippen LogP contribution in [0, 0.1) is 0 Å². The maximum atomic E-state index is 12.4. The first-order chi connectivity index (χ1) is 12.7. The Bertz CT molecular complexity index is 769. The lowest BCUT2D eigenvalue weighted by Gasteiger charge is -2.43. The molecule has 1 fully saturated rings. The van der Waals surface area contributed by atoms with Crippen molar-refractivity contribution >= 4 is 6.09 Å². The van der Waals surface area contributed by atoms with E-state index in [1.54, 1.807) is 17.0 Å². The molecule has 2 aromatic rings. The molecule has 0 bridgehead atoms. The van der Waals surface area contributed by atoms with E-state index in [9.17, 15) is 4.79 Å². The molecule has 0 radical (unpaired) electrons. The van der Waals surface area contributed by atoms with E-state index in [1.807, 2.05) is 42.5 Å². The van der Waals surface area contributed by atoms with E-state index >= 15 is 0 Å². The molecule has 0 aliphatic carbocycles. The molecule has 136 valence electrons. The van der Waals surface area contributed by atoms with Gasteiger partial charge in [-0.3, -0.25) is 0 Å². The van der Waals surface area contributed by atoms with E-state index < -0.39 is 0 Å². The van der Waals surface area contributed by atoms with Crippen molar-refractivity contribution in [1.29, 1.82) is 0 Å². The third-order valence-corrected chi connectivity index (χ3v) is 5.35. The number of rotatable bonds is 1. The van der Waals surface area contributed by atoms with Crippen LogP contribution >= 0.6 is 0 Å². The maximum Gasteiger partial charge on any atom is 0.415 e. The molecule has 1 amide bonds. The molecule has 1 spiro atoms. The average molecular weight is 353 g/mol. The number of carbonyl (C=O) groups is 1. The van der Waals surface area contributed by atoms with Crippen molar-refractivity contribution in [2.24, 2.45) is 0 Å². The van der Waals surface area contributed by atoms with E-state index in [0.29, 0.717) is 25.4 Å². The van der Waals surface area contributed by atoms with E-state index in [2.05, 4.69) is 6.92 Å². The zero-order chi connectivity index (χ0) is 18.0. The average Bonchev–Trinajstić information content (AvgIpc) is 2.81. The van der Waals surface area contributed by atoms with Gasteiger partial charge in [-0.25, -0.2) is 4.79 Å². The normalized spacial score (nSPS) is 21.4. The summed E-state index contributed by atoms with van der Waals surface area (Å²) in [5, 5.41) is 0. The van der Waals surface area contributed by atoms with Gasteiger partial charge in [-0.05, 0) is 38.0 Å². The third-order valence-electron chi connectivity index (χ3n) is 5.35. The highest BCUT2D eigenvalue weighted by atomic mass is 16.6. The molecule has 4 rings (SSSR count). The number of likely N-dealkylation sites (tertiary alicyclic amines) is 1. The monoisotopic (exact) mass is 353 g/mol. The van der Waals surface area contributed by atoms with Gasteiger partial charge in [0.2, 0.25) is 0 Å². The molecule has 26 heavy (non-hydrogen) atoms. The van der Waals surface area contributed by atoms with E-state index in [4.69, 9.17) is 14.2 Å². The summed E-state index contributed by atoms with van der Waals surface area (Å²) in [4.78, 5) is 14.1. The van der Waals surface area contributed by atoms with Gasteiger partial charge >= 0.3 is 6.09 Å². The lowest BCUT2D eigenvalue weighted by molar-refractivity contribution is -0.132. The Morgan fingerprint density at radius 3 is 2.54 bits per heavy atom. The van der Waals surface area contributed by atoms with E-state index in [0.717, 1.165) is 24.2 Å². The lowest BCUT2D eigenvalue weighted by Crippen LogP contribution is -2.54. The van der Waals surface area contributed by atoms with Crippen LogP contribution in [0.2, 0.25) is 0 Å². The van der Waals surface area contributed by atoms with Gasteiger partial charge in [-0.2, -0.15) is 0 Å². The maximum absolute atomic E-state index is 12.4. The Balaban J connectivity index is 1.40. The number of para-hydroxylation sites is 2. The fourth-order valence-electron chi connectivity index (χ4n) is 3.65. The lowest BCUT2D eigenvalue weighted by atomic mass is 9.86. The number of carbonyl (C=O) groups excluding carboxylic acids is 1. The van der Waals surface area contributed by atoms with Gasteiger partial charge in [0.1, 0.15) is 23.2 Å². The molecular formula is C21H23NO4. The summed E-state index contributed by atoms with van der Waals surface area (Å²) in [5.74, 6) is 1.46. The first-order valence-electron chi connectivity index (χ1n) is 9.07. The minimum Gasteiger partial charge on any atom is -0.487 e. The van der Waals surface area contributed by atoms with Crippen molar-refractivity contribution < 1.29 is 19.0 Å². The second-order valence-electron chi connectivity index (χ2n) is 6.89. The quantitative estimate of drug-likeness (QED) is 0.777. The Morgan fingerprint density at radius 1 is 1.08 bits per heavy atom. The first kappa shape index (κ1) is 16.9. The van der Waals surface area contributed by atoms with Crippen molar-refractivity contribution in [3.05, 3.63) is 60.2 Å². The summed E-state index contributed by atoms with van der Waals surface area (Å²) in [7, 11) is 0. The molecule has 1 atom stereocenters. The Morgan fingerprint density at radius 2 is 1.77 bits per heavy atom. The molecule has 2 aromatic carbocycles. The predicted molar refractivity (Wildman–Crippen MR) is 97.3 cm³/mol. The molecule has 2 aliphatic rings. The van der Waals surface area contributed by atoms with Gasteiger partial charge in [0.05, 0.1) is 6.61 Å². The second-order valence-corrected chi connectivity index (χ2v) is 6.89. The Labute approximate surface area is 153 Å². The Kier molecular flexibility index (Phi) is 4.55. The summed E-state index contributed by atoms with van der Waals surface area (Å²) in [5.41, 5.74) is 0.699. The van der Waals surface area contributed by atoms with Crippen LogP contribution in [-0.4, -0.2) is 35.8 Å². The van der Waals surface area contributed by atoms with Gasteiger partial charge in [-0.1, -0.05) is 36.4 Å². The van der Waals surface area contributed by atoms with Crippen molar-refractivity contribution in [2.75, 3.05) is 13.1 Å². The highest BCUT2D eigenvalue weighted by molar-refractivity contribution is 5.70. The van der Waals surface area contributed by atoms with Crippen molar-refractivity contribution in [3.8, 4) is 11.5 Å². The molecule has 2 aliphatic heterocycles. The highest BCUT2D eigenvalue weighted by Crippen LogP contribution is 2.37. The molecule has 0 saturated carbocycles. The van der Waals surface area contributed by atoms with Crippen LogP contribution in [0.3, 0.4) is 0 Å². The molecule has 1 unspecified atom stereocenters. The van der Waals surface area contributed by atoms with Crippen LogP contribution in [0.25, 0.3) is 0 Å². The standard InChI is InChI=1S/C21H23NO4/c1-16-21(24-15-17-7-5-6-10-19(17)25-16)11-13-22(14-12-21)20(23)26-18-8-3-2-4-9-18/h2-10,16H,11-15H2,1H3. The van der Waals surface area contributed by atoms with Crippen LogP contribution in [0.4, 0.5) is 4.79 Å². The zero-order valence-corrected chi connectivity index (χ0v) is 14.9. The number of benzene rings is 2. The minimum absolute atomic E-state index is 0.0709. The van der Waals surface area contributed by atoms with Gasteiger partial charge in [0, 0.05) is 18.7 Å². The van der Waals surface area contributed by atoms with Crippen molar-refractivity contribution in [3.63, 3.8) is 0 Å². The Hall–Kier alpha value is -2.53. The van der Waals surface area contributed by atoms with E-state index in [-0.39, 0.29) is 17.8 Å². The molecular weight excluding hydrogens is 330 g/mol. The van der Waals surface area contributed by atoms with Crippen LogP contribution in [-0.2, 0) is 11.3 Å². The number of nitrogens with zero attached hydrogens (tertiary/aromatic N) is 1. The summed E-state index contributed by atoms with van der Waals surface area (Å²) < 4.78 is 17.9. The van der Waals surface area contributed by atoms with Crippen LogP contribution in [0.15, 0.2) is 54.6 Å². The molecule has 1 saturated heterocycles. The van der Waals surface area contributed by atoms with E-state index in [1.165, 1.54) is 0 Å². The van der Waals surface area contributed by atoms with Crippen LogP contribution in [0.1, 0.15) is 25.3 Å². The fourth-order valence-corrected chi connectivity index (χ4v) is 3.65.